The van der Waals surface area contributed by atoms with Crippen LogP contribution in [0.5, 0.6) is 0 Å². The molecule has 0 saturated carbocycles. The highest BCUT2D eigenvalue weighted by atomic mass is 35.5. The largest absolute Gasteiger partial charge is 0.376 e. The molecule has 0 aliphatic rings. The summed E-state index contributed by atoms with van der Waals surface area (Å²) < 4.78 is 0. The molecular weight excluding hydrogens is 236 g/mol. The van der Waals surface area contributed by atoms with E-state index in [0.29, 0.717) is 5.02 Å². The molecule has 0 unspecified atom stereocenters. The lowest BCUT2D eigenvalue weighted by atomic mass is 10.2. The van der Waals surface area contributed by atoms with E-state index in [9.17, 15) is 4.79 Å². The first-order valence-corrected chi connectivity index (χ1v) is 6.06. The van der Waals surface area contributed by atoms with E-state index in [4.69, 9.17) is 11.6 Å². The third kappa shape index (κ3) is 3.63. The Labute approximate surface area is 108 Å². The fraction of sp³-hybridized carbons (Fsp3) is 0.462. The first-order chi connectivity index (χ1) is 7.93. The van der Waals surface area contributed by atoms with E-state index < -0.39 is 0 Å². The van der Waals surface area contributed by atoms with Gasteiger partial charge in [-0.3, -0.25) is 4.79 Å². The molecule has 1 rings (SSSR count). The van der Waals surface area contributed by atoms with Crippen molar-refractivity contribution in [1.82, 2.24) is 4.90 Å². The predicted molar refractivity (Wildman–Crippen MR) is 72.6 cm³/mol. The van der Waals surface area contributed by atoms with E-state index in [-0.39, 0.29) is 18.5 Å². The van der Waals surface area contributed by atoms with Gasteiger partial charge < -0.3 is 10.2 Å². The topological polar surface area (TPSA) is 32.3 Å². The SMILES string of the molecule is Cc1c(Cl)cccc1NCC(=O)N(C)C(C)C. The van der Waals surface area contributed by atoms with Crippen LogP contribution in [0, 0.1) is 6.92 Å². The zero-order valence-electron chi connectivity index (χ0n) is 10.7. The van der Waals surface area contributed by atoms with Crippen molar-refractivity contribution in [3.8, 4) is 0 Å². The number of carbonyl (C=O) groups excluding carboxylic acids is 1. The molecule has 17 heavy (non-hydrogen) atoms. The number of nitrogens with zero attached hydrogens (tertiary/aromatic N) is 1. The van der Waals surface area contributed by atoms with Gasteiger partial charge in [-0.15, -0.1) is 0 Å². The maximum atomic E-state index is 11.8. The van der Waals surface area contributed by atoms with E-state index in [1.807, 2.05) is 39.0 Å². The van der Waals surface area contributed by atoms with Gasteiger partial charge in [-0.2, -0.15) is 0 Å². The van der Waals surface area contributed by atoms with Gasteiger partial charge in [-0.1, -0.05) is 17.7 Å². The monoisotopic (exact) mass is 254 g/mol. The average molecular weight is 255 g/mol. The maximum Gasteiger partial charge on any atom is 0.241 e. The van der Waals surface area contributed by atoms with Crippen LogP contribution in [0.3, 0.4) is 0 Å². The molecule has 1 aromatic carbocycles. The van der Waals surface area contributed by atoms with Crippen molar-refractivity contribution >= 4 is 23.2 Å². The van der Waals surface area contributed by atoms with Crippen LogP contribution in [0.15, 0.2) is 18.2 Å². The Morgan fingerprint density at radius 3 is 2.71 bits per heavy atom. The molecule has 1 amide bonds. The zero-order chi connectivity index (χ0) is 13.0. The van der Waals surface area contributed by atoms with Crippen molar-refractivity contribution in [2.24, 2.45) is 0 Å². The summed E-state index contributed by atoms with van der Waals surface area (Å²) in [5.74, 6) is 0.0689. The molecule has 0 bridgehead atoms. The number of carbonyl (C=O) groups is 1. The van der Waals surface area contributed by atoms with Crippen molar-refractivity contribution in [3.63, 3.8) is 0 Å². The Balaban J connectivity index is 2.62. The molecule has 0 aliphatic carbocycles. The van der Waals surface area contributed by atoms with Crippen LogP contribution in [0.1, 0.15) is 19.4 Å². The molecule has 0 saturated heterocycles. The van der Waals surface area contributed by atoms with E-state index in [1.165, 1.54) is 0 Å². The summed E-state index contributed by atoms with van der Waals surface area (Å²) in [4.78, 5) is 13.5. The molecule has 1 aromatic rings. The fourth-order valence-corrected chi connectivity index (χ4v) is 1.56. The molecule has 0 aliphatic heterocycles. The summed E-state index contributed by atoms with van der Waals surface area (Å²) in [6.07, 6.45) is 0. The molecule has 0 radical (unpaired) electrons. The number of nitrogens with one attached hydrogen (secondary N) is 1. The first-order valence-electron chi connectivity index (χ1n) is 5.68. The summed E-state index contributed by atoms with van der Waals surface area (Å²) in [6.45, 7) is 6.20. The lowest BCUT2D eigenvalue weighted by molar-refractivity contribution is -0.129. The van der Waals surface area contributed by atoms with Crippen LogP contribution in [-0.4, -0.2) is 30.4 Å². The Hall–Kier alpha value is -1.22. The molecule has 0 aromatic heterocycles. The van der Waals surface area contributed by atoms with Gasteiger partial charge in [0.1, 0.15) is 0 Å². The summed E-state index contributed by atoms with van der Waals surface area (Å²) in [5.41, 5.74) is 1.87. The van der Waals surface area contributed by atoms with Crippen molar-refractivity contribution in [3.05, 3.63) is 28.8 Å². The standard InChI is InChI=1S/C13H19ClN2O/c1-9(2)16(4)13(17)8-15-12-7-5-6-11(14)10(12)3/h5-7,9,15H,8H2,1-4H3. The number of likely N-dealkylation sites (N-methyl/N-ethyl adjacent to an activating group) is 1. The van der Waals surface area contributed by atoms with Gasteiger partial charge in [-0.05, 0) is 38.5 Å². The van der Waals surface area contributed by atoms with Crippen molar-refractivity contribution in [2.75, 3.05) is 18.9 Å². The van der Waals surface area contributed by atoms with Crippen LogP contribution in [0.2, 0.25) is 5.02 Å². The molecule has 0 spiro atoms. The Bertz CT molecular complexity index is 404. The first kappa shape index (κ1) is 13.8. The van der Waals surface area contributed by atoms with Gasteiger partial charge in [0, 0.05) is 23.8 Å². The number of benzene rings is 1. The quantitative estimate of drug-likeness (QED) is 0.896. The average Bonchev–Trinajstić information content (AvgIpc) is 2.29. The Morgan fingerprint density at radius 1 is 1.47 bits per heavy atom. The van der Waals surface area contributed by atoms with Crippen molar-refractivity contribution in [2.45, 2.75) is 26.8 Å². The summed E-state index contributed by atoms with van der Waals surface area (Å²) in [5, 5.41) is 3.82. The van der Waals surface area contributed by atoms with Crippen LogP contribution in [0.4, 0.5) is 5.69 Å². The minimum atomic E-state index is 0.0689. The highest BCUT2D eigenvalue weighted by molar-refractivity contribution is 6.31. The molecule has 1 N–H and O–H groups in total. The second-order valence-electron chi connectivity index (χ2n) is 4.36. The number of amides is 1. The number of hydrogen-bond acceptors (Lipinski definition) is 2. The van der Waals surface area contributed by atoms with E-state index >= 15 is 0 Å². The fourth-order valence-electron chi connectivity index (χ4n) is 1.38. The second kappa shape index (κ2) is 5.92. The number of anilines is 1. The third-order valence-corrected chi connectivity index (χ3v) is 3.28. The van der Waals surface area contributed by atoms with Gasteiger partial charge in [0.25, 0.3) is 0 Å². The maximum absolute atomic E-state index is 11.8. The van der Waals surface area contributed by atoms with Gasteiger partial charge in [0.05, 0.1) is 6.54 Å². The highest BCUT2D eigenvalue weighted by Crippen LogP contribution is 2.22. The van der Waals surface area contributed by atoms with E-state index in [2.05, 4.69) is 5.32 Å². The minimum absolute atomic E-state index is 0.0689. The molecule has 94 valence electrons. The van der Waals surface area contributed by atoms with Gasteiger partial charge in [0.2, 0.25) is 5.91 Å². The predicted octanol–water partition coefficient (Wildman–Crippen LogP) is 2.93. The molecule has 0 heterocycles. The van der Waals surface area contributed by atoms with Crippen molar-refractivity contribution < 1.29 is 4.79 Å². The summed E-state index contributed by atoms with van der Waals surface area (Å²) in [7, 11) is 1.81. The smallest absolute Gasteiger partial charge is 0.241 e. The van der Waals surface area contributed by atoms with E-state index in [1.54, 1.807) is 11.9 Å². The highest BCUT2D eigenvalue weighted by Gasteiger charge is 2.11. The summed E-state index contributed by atoms with van der Waals surface area (Å²) in [6, 6.07) is 5.84. The van der Waals surface area contributed by atoms with Gasteiger partial charge in [-0.25, -0.2) is 0 Å². The molecule has 0 fully saturated rings. The van der Waals surface area contributed by atoms with E-state index in [0.717, 1.165) is 11.3 Å². The molecule has 3 nitrogen and oxygen atoms in total. The molecular formula is C13H19ClN2O. The van der Waals surface area contributed by atoms with Gasteiger partial charge in [0.15, 0.2) is 0 Å². The normalized spacial score (nSPS) is 10.5. The van der Waals surface area contributed by atoms with Crippen LogP contribution < -0.4 is 5.32 Å². The second-order valence-corrected chi connectivity index (χ2v) is 4.77. The van der Waals surface area contributed by atoms with Gasteiger partial charge >= 0.3 is 0 Å². The molecule has 4 heteroatoms. The lowest BCUT2D eigenvalue weighted by Gasteiger charge is -2.22. The van der Waals surface area contributed by atoms with Crippen LogP contribution >= 0.6 is 11.6 Å². The lowest BCUT2D eigenvalue weighted by Crippen LogP contribution is -2.37. The van der Waals surface area contributed by atoms with Crippen LogP contribution in [-0.2, 0) is 4.79 Å². The Kier molecular flexibility index (Phi) is 4.82. The van der Waals surface area contributed by atoms with Crippen LogP contribution in [0.25, 0.3) is 0 Å². The third-order valence-electron chi connectivity index (χ3n) is 2.87. The number of rotatable bonds is 4. The number of hydrogen-bond donors (Lipinski definition) is 1. The Morgan fingerprint density at radius 2 is 2.12 bits per heavy atom. The summed E-state index contributed by atoms with van der Waals surface area (Å²) >= 11 is 6.01. The van der Waals surface area contributed by atoms with Crippen molar-refractivity contribution in [1.29, 1.82) is 0 Å². The number of halogens is 1. The zero-order valence-corrected chi connectivity index (χ0v) is 11.5. The molecule has 0 atom stereocenters. The minimum Gasteiger partial charge on any atom is -0.376 e.